The number of amides is 1. The number of rotatable bonds is 8. The number of morpholine rings is 1. The van der Waals surface area contributed by atoms with E-state index >= 15 is 0 Å². The number of carbonyl (C=O) groups excluding carboxylic acids is 1. The number of benzene rings is 1. The maximum atomic E-state index is 11.7. The molecular weight excluding hydrogens is 525 g/mol. The molecule has 0 aliphatic carbocycles. The normalized spacial score (nSPS) is 15.6. The fourth-order valence-electron chi connectivity index (χ4n) is 3.39. The predicted octanol–water partition coefficient (Wildman–Crippen LogP) is 2.85. The minimum Gasteiger partial charge on any atom is -0.379 e. The van der Waals surface area contributed by atoms with Gasteiger partial charge in [0.1, 0.15) is 0 Å². The van der Waals surface area contributed by atoms with Crippen LogP contribution in [-0.4, -0.2) is 63.2 Å². The Hall–Kier alpha value is -1.69. The van der Waals surface area contributed by atoms with Crippen molar-refractivity contribution in [3.8, 4) is 0 Å². The van der Waals surface area contributed by atoms with E-state index in [9.17, 15) is 4.79 Å². The average Bonchev–Trinajstić information content (AvgIpc) is 3.32. The van der Waals surface area contributed by atoms with Crippen molar-refractivity contribution in [2.24, 2.45) is 4.99 Å². The van der Waals surface area contributed by atoms with E-state index in [4.69, 9.17) is 9.73 Å². The van der Waals surface area contributed by atoms with Crippen LogP contribution in [0.25, 0.3) is 0 Å². The van der Waals surface area contributed by atoms with Gasteiger partial charge in [-0.1, -0.05) is 18.2 Å². The van der Waals surface area contributed by atoms with E-state index in [1.807, 2.05) is 24.3 Å². The van der Waals surface area contributed by atoms with Gasteiger partial charge in [0.15, 0.2) is 5.96 Å². The van der Waals surface area contributed by atoms with Crippen LogP contribution in [0.4, 0.5) is 0 Å². The number of ether oxygens (including phenoxy) is 1. The molecule has 1 aliphatic heterocycles. The van der Waals surface area contributed by atoms with Gasteiger partial charge in [0.25, 0.3) is 5.91 Å². The number of hydrogen-bond donors (Lipinski definition) is 3. The molecule has 1 aliphatic rings. The highest BCUT2D eigenvalue weighted by Crippen LogP contribution is 2.25. The fraction of sp³-hybridized carbons (Fsp3) is 0.455. The van der Waals surface area contributed by atoms with E-state index in [1.54, 1.807) is 18.4 Å². The topological polar surface area (TPSA) is 78.0 Å². The van der Waals surface area contributed by atoms with E-state index in [-0.39, 0.29) is 29.9 Å². The molecule has 0 saturated carbocycles. The number of carbonyl (C=O) groups is 1. The highest BCUT2D eigenvalue weighted by molar-refractivity contribution is 14.0. The van der Waals surface area contributed by atoms with E-state index in [0.29, 0.717) is 18.2 Å². The van der Waals surface area contributed by atoms with Gasteiger partial charge in [-0.25, -0.2) is 4.99 Å². The van der Waals surface area contributed by atoms with Crippen LogP contribution in [0.5, 0.6) is 0 Å². The molecule has 170 valence electrons. The Morgan fingerprint density at radius 1 is 1.19 bits per heavy atom. The van der Waals surface area contributed by atoms with Gasteiger partial charge in [-0.15, -0.1) is 35.3 Å². The quantitative estimate of drug-likeness (QED) is 0.265. The lowest BCUT2D eigenvalue weighted by atomic mass is 10.1. The fourth-order valence-corrected chi connectivity index (χ4v) is 4.25. The number of nitrogens with one attached hydrogen (secondary N) is 3. The Morgan fingerprint density at radius 2 is 1.94 bits per heavy atom. The molecular formula is C22H32IN5O2S. The van der Waals surface area contributed by atoms with E-state index in [1.165, 1.54) is 4.88 Å². The Balaban J connectivity index is 0.00000341. The lowest BCUT2D eigenvalue weighted by molar-refractivity contribution is 0.0177. The SMILES string of the molecule is CCNC(=NCc1ccc(C(=O)NC)cc1)NCC(c1cccs1)N1CCOCC1.I. The summed E-state index contributed by atoms with van der Waals surface area (Å²) in [7, 11) is 1.63. The molecule has 1 aromatic carbocycles. The molecule has 3 rings (SSSR count). The van der Waals surface area contributed by atoms with Gasteiger partial charge in [0.2, 0.25) is 0 Å². The zero-order chi connectivity index (χ0) is 21.2. The summed E-state index contributed by atoms with van der Waals surface area (Å²) >= 11 is 1.79. The molecule has 7 nitrogen and oxygen atoms in total. The summed E-state index contributed by atoms with van der Waals surface area (Å²) in [6, 6.07) is 12.1. The lowest BCUT2D eigenvalue weighted by Crippen LogP contribution is -2.46. The first-order valence-electron chi connectivity index (χ1n) is 10.4. The third-order valence-electron chi connectivity index (χ3n) is 5.03. The molecule has 2 heterocycles. The van der Waals surface area contributed by atoms with Gasteiger partial charge in [-0.3, -0.25) is 9.69 Å². The molecule has 1 saturated heterocycles. The summed E-state index contributed by atoms with van der Waals surface area (Å²) in [6.45, 7) is 7.62. The Morgan fingerprint density at radius 3 is 2.55 bits per heavy atom. The van der Waals surface area contributed by atoms with Crippen LogP contribution in [0.1, 0.15) is 33.8 Å². The molecule has 3 N–H and O–H groups in total. The molecule has 0 radical (unpaired) electrons. The average molecular weight is 558 g/mol. The number of nitrogens with zero attached hydrogens (tertiary/aromatic N) is 2. The van der Waals surface area contributed by atoms with Gasteiger partial charge in [-0.05, 0) is 36.1 Å². The minimum absolute atomic E-state index is 0. The van der Waals surface area contributed by atoms with Gasteiger partial charge < -0.3 is 20.7 Å². The summed E-state index contributed by atoms with van der Waals surface area (Å²) in [4.78, 5) is 20.2. The van der Waals surface area contributed by atoms with E-state index < -0.39 is 0 Å². The van der Waals surface area contributed by atoms with Crippen LogP contribution < -0.4 is 16.0 Å². The third-order valence-corrected chi connectivity index (χ3v) is 6.00. The zero-order valence-corrected chi connectivity index (χ0v) is 21.2. The third kappa shape index (κ3) is 7.74. The van der Waals surface area contributed by atoms with Crippen LogP contribution in [0.2, 0.25) is 0 Å². The van der Waals surface area contributed by atoms with Crippen molar-refractivity contribution in [2.75, 3.05) is 46.4 Å². The van der Waals surface area contributed by atoms with Crippen molar-refractivity contribution in [1.82, 2.24) is 20.9 Å². The van der Waals surface area contributed by atoms with E-state index in [2.05, 4.69) is 45.3 Å². The second-order valence-electron chi connectivity index (χ2n) is 7.03. The highest BCUT2D eigenvalue weighted by atomic mass is 127. The molecule has 0 spiro atoms. The monoisotopic (exact) mass is 557 g/mol. The Kier molecular flexibility index (Phi) is 11.3. The highest BCUT2D eigenvalue weighted by Gasteiger charge is 2.23. The number of thiophene rings is 1. The summed E-state index contributed by atoms with van der Waals surface area (Å²) in [5.74, 6) is 0.713. The van der Waals surface area contributed by atoms with Crippen molar-refractivity contribution in [3.05, 3.63) is 57.8 Å². The summed E-state index contributed by atoms with van der Waals surface area (Å²) in [5, 5.41) is 11.6. The number of aliphatic imine (C=N–C) groups is 1. The van der Waals surface area contributed by atoms with Crippen LogP contribution in [-0.2, 0) is 11.3 Å². The Labute approximate surface area is 205 Å². The molecule has 1 amide bonds. The van der Waals surface area contributed by atoms with Crippen molar-refractivity contribution in [2.45, 2.75) is 19.5 Å². The van der Waals surface area contributed by atoms with Crippen LogP contribution in [0.15, 0.2) is 46.8 Å². The minimum atomic E-state index is -0.0808. The first-order valence-corrected chi connectivity index (χ1v) is 11.3. The van der Waals surface area contributed by atoms with Gasteiger partial charge in [0, 0.05) is 43.7 Å². The smallest absolute Gasteiger partial charge is 0.251 e. The van der Waals surface area contributed by atoms with Crippen LogP contribution in [0.3, 0.4) is 0 Å². The number of halogens is 1. The molecule has 1 atom stereocenters. The first kappa shape index (κ1) is 25.6. The maximum Gasteiger partial charge on any atom is 0.251 e. The second kappa shape index (κ2) is 13.7. The predicted molar refractivity (Wildman–Crippen MR) is 138 cm³/mol. The number of guanidine groups is 1. The van der Waals surface area contributed by atoms with Crippen LogP contribution in [0, 0.1) is 0 Å². The summed E-state index contributed by atoms with van der Waals surface area (Å²) < 4.78 is 5.53. The molecule has 1 fully saturated rings. The molecule has 31 heavy (non-hydrogen) atoms. The molecule has 1 aromatic heterocycles. The summed E-state index contributed by atoms with van der Waals surface area (Å²) in [6.07, 6.45) is 0. The standard InChI is InChI=1S/C22H31N5O2S.HI/c1-3-24-22(25-15-17-6-8-18(9-7-17)21(28)23-2)26-16-19(20-5-4-14-30-20)27-10-12-29-13-11-27;/h4-9,14,19H,3,10-13,15-16H2,1-2H3,(H,23,28)(H2,24,25,26);1H. The van der Waals surface area contributed by atoms with Crippen molar-refractivity contribution < 1.29 is 9.53 Å². The maximum absolute atomic E-state index is 11.7. The largest absolute Gasteiger partial charge is 0.379 e. The second-order valence-corrected chi connectivity index (χ2v) is 8.01. The Bertz CT molecular complexity index is 808. The lowest BCUT2D eigenvalue weighted by Gasteiger charge is -2.34. The van der Waals surface area contributed by atoms with Gasteiger partial charge in [-0.2, -0.15) is 0 Å². The van der Waals surface area contributed by atoms with Gasteiger partial charge >= 0.3 is 0 Å². The van der Waals surface area contributed by atoms with E-state index in [0.717, 1.165) is 50.9 Å². The molecule has 9 heteroatoms. The van der Waals surface area contributed by atoms with Crippen molar-refractivity contribution >= 4 is 47.2 Å². The van der Waals surface area contributed by atoms with Crippen LogP contribution >= 0.6 is 35.3 Å². The summed E-state index contributed by atoms with van der Waals surface area (Å²) in [5.41, 5.74) is 1.71. The first-order chi connectivity index (χ1) is 14.7. The molecule has 2 aromatic rings. The number of hydrogen-bond acceptors (Lipinski definition) is 5. The van der Waals surface area contributed by atoms with Crippen molar-refractivity contribution in [3.63, 3.8) is 0 Å². The molecule has 0 bridgehead atoms. The van der Waals surface area contributed by atoms with Crippen molar-refractivity contribution in [1.29, 1.82) is 0 Å². The van der Waals surface area contributed by atoms with Gasteiger partial charge in [0.05, 0.1) is 25.8 Å². The zero-order valence-electron chi connectivity index (χ0n) is 18.1. The molecule has 1 unspecified atom stereocenters.